The molecule has 122 valence electrons. The topological polar surface area (TPSA) is 31.4 Å². The van der Waals surface area contributed by atoms with Gasteiger partial charge in [-0.25, -0.2) is 0 Å². The second-order valence-corrected chi connectivity index (χ2v) is 5.96. The highest BCUT2D eigenvalue weighted by atomic mass is 79.9. The standard InChI is InChI=1S/C19H15BrFNO2/c20-16-6-7-17(23-12-14-4-2-1-3-5-14)18(21)19(16)24-13-15-8-10-22-11-9-15/h1-11H,12-13H2. The van der Waals surface area contributed by atoms with Crippen molar-refractivity contribution in [3.63, 3.8) is 0 Å². The Balaban J connectivity index is 1.72. The maximum atomic E-state index is 14.6. The predicted octanol–water partition coefficient (Wildman–Crippen LogP) is 5.14. The molecule has 0 atom stereocenters. The first-order valence-corrected chi connectivity index (χ1v) is 8.20. The summed E-state index contributed by atoms with van der Waals surface area (Å²) in [6.45, 7) is 0.545. The second kappa shape index (κ2) is 7.93. The van der Waals surface area contributed by atoms with Crippen LogP contribution in [0.25, 0.3) is 0 Å². The predicted molar refractivity (Wildman–Crippen MR) is 93.4 cm³/mol. The van der Waals surface area contributed by atoms with Crippen molar-refractivity contribution in [2.75, 3.05) is 0 Å². The van der Waals surface area contributed by atoms with Gasteiger partial charge in [0, 0.05) is 12.4 Å². The zero-order valence-corrected chi connectivity index (χ0v) is 14.4. The molecule has 0 aliphatic rings. The lowest BCUT2D eigenvalue weighted by Crippen LogP contribution is -2.02. The summed E-state index contributed by atoms with van der Waals surface area (Å²) in [5.74, 6) is -0.224. The monoisotopic (exact) mass is 387 g/mol. The van der Waals surface area contributed by atoms with Crippen molar-refractivity contribution in [1.29, 1.82) is 0 Å². The Morgan fingerprint density at radius 2 is 1.50 bits per heavy atom. The Morgan fingerprint density at radius 1 is 0.833 bits per heavy atom. The fourth-order valence-electron chi connectivity index (χ4n) is 2.13. The molecule has 0 bridgehead atoms. The SMILES string of the molecule is Fc1c(OCc2ccccc2)ccc(Br)c1OCc1ccncc1. The van der Waals surface area contributed by atoms with Crippen molar-refractivity contribution in [3.05, 3.63) is 88.4 Å². The summed E-state index contributed by atoms with van der Waals surface area (Å²) < 4.78 is 26.4. The third kappa shape index (κ3) is 4.11. The van der Waals surface area contributed by atoms with Gasteiger partial charge in [-0.2, -0.15) is 4.39 Å². The number of pyridine rings is 1. The molecule has 0 radical (unpaired) electrons. The molecular weight excluding hydrogens is 373 g/mol. The number of hydrogen-bond acceptors (Lipinski definition) is 3. The lowest BCUT2D eigenvalue weighted by atomic mass is 10.2. The van der Waals surface area contributed by atoms with E-state index in [-0.39, 0.29) is 18.1 Å². The zero-order chi connectivity index (χ0) is 16.8. The number of aromatic nitrogens is 1. The van der Waals surface area contributed by atoms with Crippen LogP contribution in [-0.4, -0.2) is 4.98 Å². The minimum absolute atomic E-state index is 0.136. The minimum atomic E-state index is -0.519. The Hall–Kier alpha value is -2.40. The van der Waals surface area contributed by atoms with Crippen molar-refractivity contribution in [3.8, 4) is 11.5 Å². The van der Waals surface area contributed by atoms with E-state index in [4.69, 9.17) is 9.47 Å². The van der Waals surface area contributed by atoms with Gasteiger partial charge in [0.25, 0.3) is 0 Å². The van der Waals surface area contributed by atoms with Crippen LogP contribution in [0, 0.1) is 5.82 Å². The van der Waals surface area contributed by atoms with Crippen molar-refractivity contribution in [2.45, 2.75) is 13.2 Å². The lowest BCUT2D eigenvalue weighted by Gasteiger charge is -2.13. The summed E-state index contributed by atoms with van der Waals surface area (Å²) >= 11 is 3.32. The van der Waals surface area contributed by atoms with Gasteiger partial charge in [-0.05, 0) is 51.3 Å². The normalized spacial score (nSPS) is 10.4. The van der Waals surface area contributed by atoms with Crippen molar-refractivity contribution >= 4 is 15.9 Å². The number of ether oxygens (including phenoxy) is 2. The van der Waals surface area contributed by atoms with Crippen molar-refractivity contribution in [1.82, 2.24) is 4.98 Å². The number of halogens is 2. The molecule has 24 heavy (non-hydrogen) atoms. The maximum Gasteiger partial charge on any atom is 0.208 e. The van der Waals surface area contributed by atoms with Gasteiger partial charge in [-0.1, -0.05) is 30.3 Å². The third-order valence-electron chi connectivity index (χ3n) is 3.38. The Morgan fingerprint density at radius 3 is 2.25 bits per heavy atom. The van der Waals surface area contributed by atoms with Gasteiger partial charge in [0.05, 0.1) is 4.47 Å². The van der Waals surface area contributed by atoms with Crippen LogP contribution in [0.4, 0.5) is 4.39 Å². The highest BCUT2D eigenvalue weighted by Gasteiger charge is 2.15. The number of nitrogens with zero attached hydrogens (tertiary/aromatic N) is 1. The smallest absolute Gasteiger partial charge is 0.208 e. The molecule has 3 nitrogen and oxygen atoms in total. The summed E-state index contributed by atoms with van der Waals surface area (Å²) in [4.78, 5) is 3.94. The molecule has 0 aliphatic heterocycles. The summed E-state index contributed by atoms with van der Waals surface area (Å²) in [6.07, 6.45) is 3.34. The van der Waals surface area contributed by atoms with Crippen LogP contribution in [0.2, 0.25) is 0 Å². The van der Waals surface area contributed by atoms with E-state index in [0.717, 1.165) is 11.1 Å². The Bertz CT molecular complexity index is 797. The van der Waals surface area contributed by atoms with Crippen LogP contribution in [-0.2, 0) is 13.2 Å². The fourth-order valence-corrected chi connectivity index (χ4v) is 2.55. The first kappa shape index (κ1) is 16.5. The zero-order valence-electron chi connectivity index (χ0n) is 12.8. The summed E-state index contributed by atoms with van der Waals surface area (Å²) in [6, 6.07) is 16.6. The van der Waals surface area contributed by atoms with E-state index in [1.165, 1.54) is 0 Å². The van der Waals surface area contributed by atoms with E-state index in [9.17, 15) is 4.39 Å². The maximum absolute atomic E-state index is 14.6. The van der Waals surface area contributed by atoms with Gasteiger partial charge in [0.15, 0.2) is 11.5 Å². The molecule has 3 rings (SSSR count). The van der Waals surface area contributed by atoms with E-state index in [0.29, 0.717) is 11.1 Å². The van der Waals surface area contributed by atoms with Gasteiger partial charge in [0.2, 0.25) is 5.82 Å². The van der Waals surface area contributed by atoms with Gasteiger partial charge in [0.1, 0.15) is 13.2 Å². The molecule has 0 unspecified atom stereocenters. The summed E-state index contributed by atoms with van der Waals surface area (Å²) in [5.41, 5.74) is 1.88. The van der Waals surface area contributed by atoms with Crippen LogP contribution in [0.15, 0.2) is 71.5 Å². The average Bonchev–Trinajstić information content (AvgIpc) is 2.63. The van der Waals surface area contributed by atoms with Crippen LogP contribution < -0.4 is 9.47 Å². The Labute approximate surface area is 148 Å². The molecule has 1 aromatic heterocycles. The van der Waals surface area contributed by atoms with Crippen LogP contribution in [0.5, 0.6) is 11.5 Å². The second-order valence-electron chi connectivity index (χ2n) is 5.11. The highest BCUT2D eigenvalue weighted by Crippen LogP contribution is 2.35. The van der Waals surface area contributed by atoms with Crippen LogP contribution in [0.3, 0.4) is 0 Å². The molecule has 1 heterocycles. The van der Waals surface area contributed by atoms with Crippen molar-refractivity contribution in [2.24, 2.45) is 0 Å². The molecule has 0 amide bonds. The minimum Gasteiger partial charge on any atom is -0.486 e. The van der Waals surface area contributed by atoms with Crippen LogP contribution >= 0.6 is 15.9 Å². The van der Waals surface area contributed by atoms with E-state index in [1.54, 1.807) is 24.5 Å². The highest BCUT2D eigenvalue weighted by molar-refractivity contribution is 9.10. The van der Waals surface area contributed by atoms with Gasteiger partial charge in [-0.3, -0.25) is 4.98 Å². The van der Waals surface area contributed by atoms with Crippen molar-refractivity contribution < 1.29 is 13.9 Å². The van der Waals surface area contributed by atoms with Gasteiger partial charge in [-0.15, -0.1) is 0 Å². The van der Waals surface area contributed by atoms with E-state index >= 15 is 0 Å². The molecule has 3 aromatic rings. The lowest BCUT2D eigenvalue weighted by molar-refractivity contribution is 0.261. The molecule has 0 fully saturated rings. The van der Waals surface area contributed by atoms with Gasteiger partial charge >= 0.3 is 0 Å². The molecule has 0 N–H and O–H groups in total. The fraction of sp³-hybridized carbons (Fsp3) is 0.105. The molecule has 0 spiro atoms. The molecule has 0 aliphatic carbocycles. The number of hydrogen-bond donors (Lipinski definition) is 0. The summed E-state index contributed by atoms with van der Waals surface area (Å²) in [5, 5.41) is 0. The molecule has 2 aromatic carbocycles. The first-order valence-electron chi connectivity index (χ1n) is 7.40. The third-order valence-corrected chi connectivity index (χ3v) is 4.01. The molecule has 0 saturated carbocycles. The molecular formula is C19H15BrFNO2. The molecule has 5 heteroatoms. The van der Waals surface area contributed by atoms with Crippen LogP contribution in [0.1, 0.15) is 11.1 Å². The number of benzene rings is 2. The van der Waals surface area contributed by atoms with E-state index < -0.39 is 5.82 Å². The molecule has 0 saturated heterocycles. The van der Waals surface area contributed by atoms with E-state index in [2.05, 4.69) is 20.9 Å². The van der Waals surface area contributed by atoms with Gasteiger partial charge < -0.3 is 9.47 Å². The quantitative estimate of drug-likeness (QED) is 0.586. The first-order chi connectivity index (χ1) is 11.7. The largest absolute Gasteiger partial charge is 0.486 e. The number of rotatable bonds is 6. The summed E-state index contributed by atoms with van der Waals surface area (Å²) in [7, 11) is 0. The van der Waals surface area contributed by atoms with E-state index in [1.807, 2.05) is 42.5 Å². The Kier molecular flexibility index (Phi) is 5.43. The average molecular weight is 388 g/mol.